The van der Waals surface area contributed by atoms with Crippen LogP contribution in [-0.4, -0.2) is 71.0 Å². The molecule has 160 valence electrons. The first-order valence-electron chi connectivity index (χ1n) is 9.38. The van der Waals surface area contributed by atoms with E-state index in [-0.39, 0.29) is 29.6 Å². The topological polar surface area (TPSA) is 67.4 Å². The Morgan fingerprint density at radius 1 is 1.11 bits per heavy atom. The molecule has 0 aliphatic carbocycles. The van der Waals surface area contributed by atoms with E-state index in [9.17, 15) is 0 Å². The highest BCUT2D eigenvalue weighted by Crippen LogP contribution is 2.33. The van der Waals surface area contributed by atoms with Crippen LogP contribution in [0.25, 0.3) is 0 Å². The summed E-state index contributed by atoms with van der Waals surface area (Å²) in [6.45, 7) is 8.51. The van der Waals surface area contributed by atoms with Crippen molar-refractivity contribution in [1.82, 2.24) is 15.5 Å². The molecule has 1 aliphatic heterocycles. The Hall–Kier alpha value is -1.26. The molecule has 1 aliphatic rings. The van der Waals surface area contributed by atoms with Gasteiger partial charge >= 0.3 is 0 Å². The standard InChI is InChI=1S/C20H34N4O3.HI/c1-20(2,27-6)14-23-19(21-3)22-8-10-24-9-7-15-11-17(25-4)18(26-5)12-16(15)13-24;/h11-12H,7-10,13-14H2,1-6H3,(H2,21,22,23);1H. The molecule has 1 aromatic rings. The Bertz CT molecular complexity index is 653. The summed E-state index contributed by atoms with van der Waals surface area (Å²) in [7, 11) is 6.86. The number of nitrogens with zero attached hydrogens (tertiary/aromatic N) is 2. The molecular weight excluding hydrogens is 471 g/mol. The maximum Gasteiger partial charge on any atom is 0.191 e. The molecule has 0 aromatic heterocycles. The van der Waals surface area contributed by atoms with Gasteiger partial charge in [0.15, 0.2) is 17.5 Å². The van der Waals surface area contributed by atoms with Gasteiger partial charge in [-0.25, -0.2) is 0 Å². The van der Waals surface area contributed by atoms with Crippen LogP contribution in [0.15, 0.2) is 17.1 Å². The Morgan fingerprint density at radius 2 is 1.75 bits per heavy atom. The van der Waals surface area contributed by atoms with Crippen molar-refractivity contribution in [1.29, 1.82) is 0 Å². The second kappa shape index (κ2) is 11.7. The van der Waals surface area contributed by atoms with E-state index in [0.717, 1.165) is 50.1 Å². The molecule has 8 heteroatoms. The van der Waals surface area contributed by atoms with E-state index in [2.05, 4.69) is 32.7 Å². The third kappa shape index (κ3) is 6.97. The Kier molecular flexibility index (Phi) is 10.3. The first kappa shape index (κ1) is 24.8. The monoisotopic (exact) mass is 506 g/mol. The van der Waals surface area contributed by atoms with Crippen molar-refractivity contribution in [2.24, 2.45) is 4.99 Å². The Balaban J connectivity index is 0.00000392. The van der Waals surface area contributed by atoms with Crippen LogP contribution >= 0.6 is 24.0 Å². The predicted molar refractivity (Wildman–Crippen MR) is 124 cm³/mol. The predicted octanol–water partition coefficient (Wildman–Crippen LogP) is 2.27. The number of guanidine groups is 1. The summed E-state index contributed by atoms with van der Waals surface area (Å²) in [5, 5.41) is 6.68. The van der Waals surface area contributed by atoms with Gasteiger partial charge in [-0.3, -0.25) is 9.89 Å². The lowest BCUT2D eigenvalue weighted by Gasteiger charge is -2.30. The van der Waals surface area contributed by atoms with Crippen LogP contribution < -0.4 is 20.1 Å². The summed E-state index contributed by atoms with van der Waals surface area (Å²) in [5.41, 5.74) is 2.42. The minimum atomic E-state index is -0.228. The number of nitrogens with one attached hydrogen (secondary N) is 2. The number of ether oxygens (including phenoxy) is 3. The molecule has 0 unspecified atom stereocenters. The highest BCUT2D eigenvalue weighted by Gasteiger charge is 2.20. The van der Waals surface area contributed by atoms with Crippen LogP contribution in [0.4, 0.5) is 0 Å². The Morgan fingerprint density at radius 3 is 2.32 bits per heavy atom. The van der Waals surface area contributed by atoms with Crippen LogP contribution in [-0.2, 0) is 17.7 Å². The largest absolute Gasteiger partial charge is 0.493 e. The highest BCUT2D eigenvalue weighted by molar-refractivity contribution is 14.0. The number of aliphatic imine (C=N–C) groups is 1. The van der Waals surface area contributed by atoms with Crippen molar-refractivity contribution >= 4 is 29.9 Å². The minimum absolute atomic E-state index is 0. The van der Waals surface area contributed by atoms with Crippen LogP contribution in [0, 0.1) is 0 Å². The van der Waals surface area contributed by atoms with Gasteiger partial charge in [0.2, 0.25) is 0 Å². The van der Waals surface area contributed by atoms with E-state index in [4.69, 9.17) is 14.2 Å². The van der Waals surface area contributed by atoms with Crippen molar-refractivity contribution < 1.29 is 14.2 Å². The summed E-state index contributed by atoms with van der Waals surface area (Å²) in [6.07, 6.45) is 1.02. The molecule has 0 radical (unpaired) electrons. The average molecular weight is 506 g/mol. The van der Waals surface area contributed by atoms with E-state index < -0.39 is 0 Å². The summed E-state index contributed by atoms with van der Waals surface area (Å²) >= 11 is 0. The number of methoxy groups -OCH3 is 3. The molecule has 0 spiro atoms. The highest BCUT2D eigenvalue weighted by atomic mass is 127. The summed E-state index contributed by atoms with van der Waals surface area (Å²) in [6, 6.07) is 4.20. The first-order chi connectivity index (χ1) is 12.9. The molecule has 0 bridgehead atoms. The van der Waals surface area contributed by atoms with Crippen LogP contribution in [0.1, 0.15) is 25.0 Å². The number of rotatable bonds is 8. The normalized spacial score (nSPS) is 14.7. The maximum absolute atomic E-state index is 5.44. The van der Waals surface area contributed by atoms with Crippen LogP contribution in [0.2, 0.25) is 0 Å². The van der Waals surface area contributed by atoms with Crippen LogP contribution in [0.5, 0.6) is 11.5 Å². The van der Waals surface area contributed by atoms with Gasteiger partial charge in [-0.2, -0.15) is 0 Å². The van der Waals surface area contributed by atoms with E-state index in [1.165, 1.54) is 11.1 Å². The molecular formula is C20H35IN4O3. The molecule has 0 saturated carbocycles. The molecule has 2 rings (SSSR count). The lowest BCUT2D eigenvalue weighted by Crippen LogP contribution is -2.47. The zero-order valence-electron chi connectivity index (χ0n) is 17.9. The molecule has 1 aromatic carbocycles. The molecule has 2 N–H and O–H groups in total. The van der Waals surface area contributed by atoms with Gasteiger partial charge < -0.3 is 24.8 Å². The van der Waals surface area contributed by atoms with Crippen LogP contribution in [0.3, 0.4) is 0 Å². The molecule has 0 atom stereocenters. The molecule has 1 heterocycles. The number of fused-ring (bicyclic) bond motifs is 1. The smallest absolute Gasteiger partial charge is 0.191 e. The third-order valence-electron chi connectivity index (χ3n) is 4.98. The summed E-state index contributed by atoms with van der Waals surface area (Å²) < 4.78 is 16.3. The van der Waals surface area contributed by atoms with Gasteiger partial charge in [-0.05, 0) is 43.5 Å². The second-order valence-corrected chi connectivity index (χ2v) is 7.32. The van der Waals surface area contributed by atoms with Crippen molar-refractivity contribution in [3.05, 3.63) is 23.3 Å². The summed E-state index contributed by atoms with van der Waals surface area (Å²) in [4.78, 5) is 6.71. The zero-order valence-corrected chi connectivity index (χ0v) is 20.3. The van der Waals surface area contributed by atoms with Gasteiger partial charge in [0.1, 0.15) is 0 Å². The maximum atomic E-state index is 5.44. The number of halogens is 1. The molecule has 0 saturated heterocycles. The SMILES string of the molecule is CN=C(NCCN1CCc2cc(OC)c(OC)cc2C1)NCC(C)(C)OC.I. The minimum Gasteiger partial charge on any atom is -0.493 e. The van der Waals surface area contributed by atoms with Gasteiger partial charge in [-0.15, -0.1) is 24.0 Å². The van der Waals surface area contributed by atoms with Crippen molar-refractivity contribution in [3.63, 3.8) is 0 Å². The zero-order chi connectivity index (χ0) is 19.9. The van der Waals surface area contributed by atoms with Gasteiger partial charge in [0.05, 0.1) is 19.8 Å². The molecule has 0 fully saturated rings. The fourth-order valence-electron chi connectivity index (χ4n) is 3.05. The van der Waals surface area contributed by atoms with E-state index >= 15 is 0 Å². The second-order valence-electron chi connectivity index (χ2n) is 7.32. The molecule has 0 amide bonds. The Labute approximate surface area is 186 Å². The van der Waals surface area contributed by atoms with Crippen molar-refractivity contribution in [2.75, 3.05) is 54.6 Å². The molecule has 28 heavy (non-hydrogen) atoms. The average Bonchev–Trinajstić information content (AvgIpc) is 2.69. The van der Waals surface area contributed by atoms with Gasteiger partial charge in [0, 0.05) is 46.9 Å². The quantitative estimate of drug-likeness (QED) is 0.321. The first-order valence-corrected chi connectivity index (χ1v) is 9.38. The fraction of sp³-hybridized carbons (Fsp3) is 0.650. The number of benzene rings is 1. The lowest BCUT2D eigenvalue weighted by atomic mass is 9.99. The van der Waals surface area contributed by atoms with Gasteiger partial charge in [-0.1, -0.05) is 0 Å². The lowest BCUT2D eigenvalue weighted by molar-refractivity contribution is 0.0268. The van der Waals surface area contributed by atoms with E-state index in [1.54, 1.807) is 28.4 Å². The third-order valence-corrected chi connectivity index (χ3v) is 4.98. The van der Waals surface area contributed by atoms with Crippen molar-refractivity contribution in [2.45, 2.75) is 32.4 Å². The van der Waals surface area contributed by atoms with E-state index in [1.807, 2.05) is 13.8 Å². The summed E-state index contributed by atoms with van der Waals surface area (Å²) in [5.74, 6) is 2.39. The van der Waals surface area contributed by atoms with Crippen molar-refractivity contribution in [3.8, 4) is 11.5 Å². The van der Waals surface area contributed by atoms with E-state index in [0.29, 0.717) is 6.54 Å². The number of hydrogen-bond donors (Lipinski definition) is 2. The molecule has 7 nitrogen and oxygen atoms in total. The fourth-order valence-corrected chi connectivity index (χ4v) is 3.05. The van der Waals surface area contributed by atoms with Gasteiger partial charge in [0.25, 0.3) is 0 Å². The number of hydrogen-bond acceptors (Lipinski definition) is 5.